The van der Waals surface area contributed by atoms with E-state index in [-0.39, 0.29) is 29.7 Å². The van der Waals surface area contributed by atoms with Crippen molar-refractivity contribution in [1.29, 1.82) is 0 Å². The number of nitrogens with zero attached hydrogens (tertiary/aromatic N) is 3. The molecular weight excluding hydrogens is 442 g/mol. The van der Waals surface area contributed by atoms with E-state index < -0.39 is 6.04 Å². The third-order valence-corrected chi connectivity index (χ3v) is 8.65. The monoisotopic (exact) mass is 475 g/mol. The van der Waals surface area contributed by atoms with Crippen molar-refractivity contribution < 1.29 is 14.4 Å². The minimum Gasteiger partial charge on any atom is -0.345 e. The van der Waals surface area contributed by atoms with E-state index >= 15 is 0 Å². The normalized spacial score (nSPS) is 30.9. The van der Waals surface area contributed by atoms with Crippen LogP contribution in [0.15, 0.2) is 42.7 Å². The van der Waals surface area contributed by atoms with Crippen LogP contribution in [0.1, 0.15) is 51.4 Å². The van der Waals surface area contributed by atoms with Crippen LogP contribution in [0, 0.1) is 23.2 Å². The van der Waals surface area contributed by atoms with Gasteiger partial charge in [-0.1, -0.05) is 0 Å². The Kier molecular flexibility index (Phi) is 5.61. The van der Waals surface area contributed by atoms with E-state index in [9.17, 15) is 14.4 Å². The van der Waals surface area contributed by atoms with E-state index in [2.05, 4.69) is 15.7 Å². The van der Waals surface area contributed by atoms with Crippen LogP contribution in [0.2, 0.25) is 0 Å². The smallest absolute Gasteiger partial charge is 0.243 e. The average Bonchev–Trinajstić information content (AvgIpc) is 3.54. The number of likely N-dealkylation sites (tertiary alicyclic amines) is 1. The van der Waals surface area contributed by atoms with Crippen LogP contribution < -0.4 is 10.6 Å². The summed E-state index contributed by atoms with van der Waals surface area (Å²) in [6.45, 7) is 0.531. The fourth-order valence-electron chi connectivity index (χ4n) is 7.57. The molecular formula is C27H33N5O3. The quantitative estimate of drug-likeness (QED) is 0.671. The summed E-state index contributed by atoms with van der Waals surface area (Å²) in [6, 6.07) is 8.73. The lowest BCUT2D eigenvalue weighted by atomic mass is 9.49. The minimum atomic E-state index is -0.461. The van der Waals surface area contributed by atoms with Crippen LogP contribution in [-0.2, 0) is 14.4 Å². The summed E-state index contributed by atoms with van der Waals surface area (Å²) in [7, 11) is 0. The second kappa shape index (κ2) is 8.81. The maximum Gasteiger partial charge on any atom is 0.243 e. The molecule has 7 rings (SSSR count). The topological polar surface area (TPSA) is 96.3 Å². The maximum atomic E-state index is 13.8. The van der Waals surface area contributed by atoms with Gasteiger partial charge in [0.2, 0.25) is 17.7 Å². The first-order chi connectivity index (χ1) is 17.0. The van der Waals surface area contributed by atoms with Gasteiger partial charge in [0.15, 0.2) is 0 Å². The molecule has 2 aromatic rings. The van der Waals surface area contributed by atoms with Crippen LogP contribution in [0.3, 0.4) is 0 Å². The highest BCUT2D eigenvalue weighted by molar-refractivity contribution is 5.96. The lowest BCUT2D eigenvalue weighted by molar-refractivity contribution is -0.160. The van der Waals surface area contributed by atoms with Crippen LogP contribution in [0.5, 0.6) is 0 Å². The fraction of sp³-hybridized carbons (Fsp3) is 0.556. The summed E-state index contributed by atoms with van der Waals surface area (Å²) in [5.74, 6) is 1.77. The molecule has 1 atom stereocenters. The van der Waals surface area contributed by atoms with Crippen molar-refractivity contribution in [3.63, 3.8) is 0 Å². The highest BCUT2D eigenvalue weighted by Crippen LogP contribution is 2.60. The van der Waals surface area contributed by atoms with E-state index in [1.165, 1.54) is 19.3 Å². The number of carbonyl (C=O) groups is 3. The van der Waals surface area contributed by atoms with Gasteiger partial charge in [0.25, 0.3) is 0 Å². The molecule has 1 aromatic heterocycles. The second-order valence-corrected chi connectivity index (χ2v) is 11.1. The van der Waals surface area contributed by atoms with Crippen molar-refractivity contribution in [2.24, 2.45) is 23.2 Å². The standard InChI is InChI=1S/C27H33N5O3/c33-24(30-21-4-6-22(7-5-21)32-10-2-8-29-32)17-28-25(34)23-3-1-9-31(23)26(35)27-14-18-11-19(15-27)13-20(12-18)16-27/h2,4-8,10,18-20,23H,1,3,9,11-17H2,(H,28,34)(H,30,33). The van der Waals surface area contributed by atoms with Gasteiger partial charge in [0, 0.05) is 24.6 Å². The Bertz CT molecular complexity index is 1080. The molecule has 8 heteroatoms. The molecule has 2 N–H and O–H groups in total. The molecule has 3 amide bonds. The summed E-state index contributed by atoms with van der Waals surface area (Å²) in [5, 5.41) is 9.79. The molecule has 1 unspecified atom stereocenters. The third kappa shape index (κ3) is 4.23. The molecule has 1 aliphatic heterocycles. The molecule has 4 saturated carbocycles. The van der Waals surface area contributed by atoms with Crippen LogP contribution in [0.4, 0.5) is 5.69 Å². The van der Waals surface area contributed by atoms with Crippen molar-refractivity contribution in [2.45, 2.75) is 57.4 Å². The van der Waals surface area contributed by atoms with Crippen LogP contribution in [-0.4, -0.2) is 51.5 Å². The predicted molar refractivity (Wildman–Crippen MR) is 131 cm³/mol. The Hall–Kier alpha value is -3.16. The first-order valence-electron chi connectivity index (χ1n) is 13.0. The molecule has 4 aliphatic carbocycles. The van der Waals surface area contributed by atoms with E-state index in [0.29, 0.717) is 36.4 Å². The number of aromatic nitrogens is 2. The van der Waals surface area contributed by atoms with Gasteiger partial charge >= 0.3 is 0 Å². The summed E-state index contributed by atoms with van der Waals surface area (Å²) in [5.41, 5.74) is 1.31. The summed E-state index contributed by atoms with van der Waals surface area (Å²) in [6.07, 6.45) is 11.9. The number of hydrogen-bond acceptors (Lipinski definition) is 4. The fourth-order valence-corrected chi connectivity index (χ4v) is 7.57. The van der Waals surface area contributed by atoms with Gasteiger partial charge in [-0.15, -0.1) is 0 Å². The number of hydrogen-bond donors (Lipinski definition) is 2. The Balaban J connectivity index is 1.04. The summed E-state index contributed by atoms with van der Waals surface area (Å²) < 4.78 is 1.74. The van der Waals surface area contributed by atoms with Crippen molar-refractivity contribution in [3.05, 3.63) is 42.7 Å². The van der Waals surface area contributed by atoms with E-state index in [0.717, 1.165) is 31.4 Å². The van der Waals surface area contributed by atoms with E-state index in [1.807, 2.05) is 29.3 Å². The zero-order valence-corrected chi connectivity index (χ0v) is 20.0. The van der Waals surface area contributed by atoms with Crippen molar-refractivity contribution >= 4 is 23.4 Å². The maximum absolute atomic E-state index is 13.8. The number of anilines is 1. The van der Waals surface area contributed by atoms with Crippen LogP contribution in [0.25, 0.3) is 5.69 Å². The van der Waals surface area contributed by atoms with Gasteiger partial charge in [-0.2, -0.15) is 5.10 Å². The van der Waals surface area contributed by atoms with Gasteiger partial charge in [0.05, 0.1) is 17.6 Å². The lowest BCUT2D eigenvalue weighted by Crippen LogP contribution is -2.57. The summed E-state index contributed by atoms with van der Waals surface area (Å²) >= 11 is 0. The molecule has 1 aromatic carbocycles. The van der Waals surface area contributed by atoms with Gasteiger partial charge in [-0.3, -0.25) is 14.4 Å². The highest BCUT2D eigenvalue weighted by atomic mass is 16.2. The Labute approximate surface area is 205 Å². The molecule has 184 valence electrons. The SMILES string of the molecule is O=C(CNC(=O)C1CCCN1C(=O)C12CC3CC(CC(C3)C1)C2)Nc1ccc(-n2cccn2)cc1. The molecule has 0 radical (unpaired) electrons. The average molecular weight is 476 g/mol. The van der Waals surface area contributed by atoms with Gasteiger partial charge < -0.3 is 15.5 Å². The molecule has 5 fully saturated rings. The van der Waals surface area contributed by atoms with Gasteiger partial charge in [0.1, 0.15) is 6.04 Å². The Morgan fingerprint density at radius 2 is 1.69 bits per heavy atom. The molecule has 4 bridgehead atoms. The third-order valence-electron chi connectivity index (χ3n) is 8.65. The van der Waals surface area contributed by atoms with E-state index in [4.69, 9.17) is 0 Å². The number of amides is 3. The highest BCUT2D eigenvalue weighted by Gasteiger charge is 2.56. The minimum absolute atomic E-state index is 0.115. The number of nitrogens with one attached hydrogen (secondary N) is 2. The lowest BCUT2D eigenvalue weighted by Gasteiger charge is -2.56. The van der Waals surface area contributed by atoms with Gasteiger partial charge in [-0.05, 0) is 99.5 Å². The Morgan fingerprint density at radius 3 is 2.31 bits per heavy atom. The Morgan fingerprint density at radius 1 is 1.00 bits per heavy atom. The number of carbonyl (C=O) groups excluding carboxylic acids is 3. The first kappa shape index (κ1) is 22.3. The number of benzene rings is 1. The molecule has 8 nitrogen and oxygen atoms in total. The summed E-state index contributed by atoms with van der Waals surface area (Å²) in [4.78, 5) is 41.1. The zero-order valence-electron chi connectivity index (χ0n) is 20.0. The van der Waals surface area contributed by atoms with Crippen LogP contribution >= 0.6 is 0 Å². The zero-order chi connectivity index (χ0) is 24.0. The van der Waals surface area contributed by atoms with Gasteiger partial charge in [-0.25, -0.2) is 4.68 Å². The van der Waals surface area contributed by atoms with E-state index in [1.54, 1.807) is 23.0 Å². The first-order valence-corrected chi connectivity index (χ1v) is 13.0. The molecule has 0 spiro atoms. The van der Waals surface area contributed by atoms with Crippen molar-refractivity contribution in [3.8, 4) is 5.69 Å². The molecule has 1 saturated heterocycles. The largest absolute Gasteiger partial charge is 0.345 e. The molecule has 5 aliphatic rings. The second-order valence-electron chi connectivity index (χ2n) is 11.1. The predicted octanol–water partition coefficient (Wildman–Crippen LogP) is 3.13. The van der Waals surface area contributed by atoms with Crippen molar-refractivity contribution in [1.82, 2.24) is 20.0 Å². The molecule has 35 heavy (non-hydrogen) atoms. The van der Waals surface area contributed by atoms with Crippen molar-refractivity contribution in [2.75, 3.05) is 18.4 Å². The molecule has 2 heterocycles. The number of rotatable bonds is 6.